The first-order valence-electron chi connectivity index (χ1n) is 6.31. The third kappa shape index (κ3) is 3.09. The van der Waals surface area contributed by atoms with Gasteiger partial charge in [-0.25, -0.2) is 0 Å². The SMILES string of the molecule is COc1cccc(CNc2cccc(C(C)=O)c2)c1O. The number of phenols is 1. The zero-order chi connectivity index (χ0) is 14.5. The second-order valence-electron chi connectivity index (χ2n) is 4.46. The number of nitrogens with one attached hydrogen (secondary N) is 1. The Morgan fingerprint density at radius 3 is 2.70 bits per heavy atom. The van der Waals surface area contributed by atoms with Gasteiger partial charge in [0.1, 0.15) is 0 Å². The number of carbonyl (C=O) groups is 1. The van der Waals surface area contributed by atoms with Gasteiger partial charge in [0.25, 0.3) is 0 Å². The summed E-state index contributed by atoms with van der Waals surface area (Å²) in [6.07, 6.45) is 0. The van der Waals surface area contributed by atoms with E-state index in [4.69, 9.17) is 4.74 Å². The summed E-state index contributed by atoms with van der Waals surface area (Å²) in [5.41, 5.74) is 2.22. The Morgan fingerprint density at radius 1 is 1.25 bits per heavy atom. The maximum absolute atomic E-state index is 11.3. The summed E-state index contributed by atoms with van der Waals surface area (Å²) in [5.74, 6) is 0.602. The molecule has 0 aromatic heterocycles. The van der Waals surface area contributed by atoms with Crippen molar-refractivity contribution in [3.63, 3.8) is 0 Å². The molecule has 0 amide bonds. The minimum Gasteiger partial charge on any atom is -0.504 e. The molecular formula is C16H17NO3. The van der Waals surface area contributed by atoms with Gasteiger partial charge in [-0.1, -0.05) is 24.3 Å². The standard InChI is InChI=1S/C16H17NO3/c1-11(18)12-5-3-7-14(9-12)17-10-13-6-4-8-15(20-2)16(13)19/h3-9,17,19H,10H2,1-2H3. The molecule has 0 fully saturated rings. The van der Waals surface area contributed by atoms with Crippen LogP contribution in [0, 0.1) is 0 Å². The topological polar surface area (TPSA) is 58.6 Å². The molecule has 0 aliphatic rings. The van der Waals surface area contributed by atoms with Crippen molar-refractivity contribution in [1.29, 1.82) is 0 Å². The Balaban J connectivity index is 2.13. The highest BCUT2D eigenvalue weighted by atomic mass is 16.5. The summed E-state index contributed by atoms with van der Waals surface area (Å²) in [6, 6.07) is 12.6. The summed E-state index contributed by atoms with van der Waals surface area (Å²) in [7, 11) is 1.52. The number of methoxy groups -OCH3 is 1. The number of hydrogen-bond donors (Lipinski definition) is 2. The van der Waals surface area contributed by atoms with Crippen molar-refractivity contribution in [2.24, 2.45) is 0 Å². The highest BCUT2D eigenvalue weighted by molar-refractivity contribution is 5.94. The number of ketones is 1. The van der Waals surface area contributed by atoms with Gasteiger partial charge in [-0.3, -0.25) is 4.79 Å². The first kappa shape index (κ1) is 13.9. The highest BCUT2D eigenvalue weighted by Gasteiger charge is 2.07. The van der Waals surface area contributed by atoms with Crippen LogP contribution in [0.15, 0.2) is 42.5 Å². The van der Waals surface area contributed by atoms with E-state index in [0.29, 0.717) is 17.9 Å². The van der Waals surface area contributed by atoms with Gasteiger partial charge in [0.2, 0.25) is 0 Å². The third-order valence-electron chi connectivity index (χ3n) is 3.05. The Hall–Kier alpha value is -2.49. The number of Topliss-reactive ketones (excluding diaryl/α,β-unsaturated/α-hetero) is 1. The van der Waals surface area contributed by atoms with Crippen LogP contribution in [0.4, 0.5) is 5.69 Å². The molecule has 2 rings (SSSR count). The van der Waals surface area contributed by atoms with Crippen LogP contribution in [0.2, 0.25) is 0 Å². The van der Waals surface area contributed by atoms with Gasteiger partial charge < -0.3 is 15.2 Å². The number of aromatic hydroxyl groups is 1. The van der Waals surface area contributed by atoms with Crippen LogP contribution < -0.4 is 10.1 Å². The molecule has 2 N–H and O–H groups in total. The molecule has 104 valence electrons. The van der Waals surface area contributed by atoms with E-state index in [1.54, 1.807) is 18.2 Å². The summed E-state index contributed by atoms with van der Waals surface area (Å²) < 4.78 is 5.07. The van der Waals surface area contributed by atoms with Crippen molar-refractivity contribution in [2.45, 2.75) is 13.5 Å². The molecule has 0 heterocycles. The van der Waals surface area contributed by atoms with Gasteiger partial charge in [0.15, 0.2) is 17.3 Å². The third-order valence-corrected chi connectivity index (χ3v) is 3.05. The predicted octanol–water partition coefficient (Wildman–Crippen LogP) is 3.22. The first-order valence-corrected chi connectivity index (χ1v) is 6.31. The molecule has 0 bridgehead atoms. The number of anilines is 1. The van der Waals surface area contributed by atoms with Crippen LogP contribution >= 0.6 is 0 Å². The molecule has 0 saturated heterocycles. The van der Waals surface area contributed by atoms with E-state index in [1.165, 1.54) is 14.0 Å². The fourth-order valence-electron chi connectivity index (χ4n) is 1.92. The van der Waals surface area contributed by atoms with Crippen LogP contribution in [0.25, 0.3) is 0 Å². The largest absolute Gasteiger partial charge is 0.504 e. The van der Waals surface area contributed by atoms with Gasteiger partial charge in [-0.05, 0) is 25.1 Å². The van der Waals surface area contributed by atoms with Crippen molar-refractivity contribution < 1.29 is 14.6 Å². The van der Waals surface area contributed by atoms with Gasteiger partial charge in [-0.15, -0.1) is 0 Å². The molecule has 0 spiro atoms. The lowest BCUT2D eigenvalue weighted by atomic mass is 10.1. The molecule has 0 radical (unpaired) electrons. The van der Waals surface area contributed by atoms with E-state index >= 15 is 0 Å². The maximum atomic E-state index is 11.3. The average Bonchev–Trinajstić information content (AvgIpc) is 2.46. The number of benzene rings is 2. The minimum absolute atomic E-state index is 0.0258. The molecule has 0 atom stereocenters. The fraction of sp³-hybridized carbons (Fsp3) is 0.188. The van der Waals surface area contributed by atoms with Gasteiger partial charge in [0.05, 0.1) is 7.11 Å². The maximum Gasteiger partial charge on any atom is 0.162 e. The van der Waals surface area contributed by atoms with Crippen LogP contribution in [-0.2, 0) is 6.54 Å². The summed E-state index contributed by atoms with van der Waals surface area (Å²) >= 11 is 0. The minimum atomic E-state index is 0.0258. The molecule has 4 heteroatoms. The number of phenolic OH excluding ortho intramolecular Hbond substituents is 1. The van der Waals surface area contributed by atoms with Gasteiger partial charge >= 0.3 is 0 Å². The smallest absolute Gasteiger partial charge is 0.162 e. The number of para-hydroxylation sites is 1. The fourth-order valence-corrected chi connectivity index (χ4v) is 1.92. The molecule has 0 unspecified atom stereocenters. The van der Waals surface area contributed by atoms with E-state index in [9.17, 15) is 9.90 Å². The van der Waals surface area contributed by atoms with Crippen molar-refractivity contribution in [1.82, 2.24) is 0 Å². The molecule has 0 aliphatic heterocycles. The lowest BCUT2D eigenvalue weighted by Crippen LogP contribution is -2.01. The van der Waals surface area contributed by atoms with Crippen molar-refractivity contribution in [2.75, 3.05) is 12.4 Å². The van der Waals surface area contributed by atoms with E-state index < -0.39 is 0 Å². The first-order chi connectivity index (χ1) is 9.61. The van der Waals surface area contributed by atoms with Crippen LogP contribution in [0.1, 0.15) is 22.8 Å². The lowest BCUT2D eigenvalue weighted by molar-refractivity contribution is 0.101. The second-order valence-corrected chi connectivity index (χ2v) is 4.46. The average molecular weight is 271 g/mol. The van der Waals surface area contributed by atoms with E-state index in [1.807, 2.05) is 24.3 Å². The van der Waals surface area contributed by atoms with Crippen molar-refractivity contribution >= 4 is 11.5 Å². The molecule has 2 aromatic carbocycles. The van der Waals surface area contributed by atoms with Crippen LogP contribution in [-0.4, -0.2) is 18.0 Å². The van der Waals surface area contributed by atoms with E-state index in [0.717, 1.165) is 11.3 Å². The molecule has 20 heavy (non-hydrogen) atoms. The van der Waals surface area contributed by atoms with Crippen molar-refractivity contribution in [3.05, 3.63) is 53.6 Å². The summed E-state index contributed by atoms with van der Waals surface area (Å²) in [6.45, 7) is 1.98. The van der Waals surface area contributed by atoms with Crippen LogP contribution in [0.3, 0.4) is 0 Å². The van der Waals surface area contributed by atoms with E-state index in [2.05, 4.69) is 5.32 Å². The number of carbonyl (C=O) groups excluding carboxylic acids is 1. The molecule has 4 nitrogen and oxygen atoms in total. The molecular weight excluding hydrogens is 254 g/mol. The van der Waals surface area contributed by atoms with Gasteiger partial charge in [0, 0.05) is 23.4 Å². The normalized spacial score (nSPS) is 10.1. The van der Waals surface area contributed by atoms with E-state index in [-0.39, 0.29) is 11.5 Å². The summed E-state index contributed by atoms with van der Waals surface area (Å²) in [5, 5.41) is 13.2. The number of ether oxygens (including phenoxy) is 1. The number of hydrogen-bond acceptors (Lipinski definition) is 4. The molecule has 0 saturated carbocycles. The Bertz CT molecular complexity index is 623. The Kier molecular flexibility index (Phi) is 4.25. The molecule has 0 aliphatic carbocycles. The Labute approximate surface area is 118 Å². The van der Waals surface area contributed by atoms with Crippen molar-refractivity contribution in [3.8, 4) is 11.5 Å². The summed E-state index contributed by atoms with van der Waals surface area (Å²) in [4.78, 5) is 11.3. The zero-order valence-electron chi connectivity index (χ0n) is 11.5. The number of rotatable bonds is 5. The lowest BCUT2D eigenvalue weighted by Gasteiger charge is -2.11. The zero-order valence-corrected chi connectivity index (χ0v) is 11.5. The Morgan fingerprint density at radius 2 is 2.00 bits per heavy atom. The highest BCUT2D eigenvalue weighted by Crippen LogP contribution is 2.29. The second kappa shape index (κ2) is 6.10. The monoisotopic (exact) mass is 271 g/mol. The van der Waals surface area contributed by atoms with Crippen LogP contribution in [0.5, 0.6) is 11.5 Å². The predicted molar refractivity (Wildman–Crippen MR) is 78.4 cm³/mol. The quantitative estimate of drug-likeness (QED) is 0.820. The molecule has 2 aromatic rings. The van der Waals surface area contributed by atoms with Gasteiger partial charge in [-0.2, -0.15) is 0 Å².